The van der Waals surface area contributed by atoms with Crippen LogP contribution in [0.3, 0.4) is 0 Å². The van der Waals surface area contributed by atoms with Gasteiger partial charge in [0.25, 0.3) is 0 Å². The fourth-order valence-corrected chi connectivity index (χ4v) is 3.06. The molecule has 0 heteroatoms. The summed E-state index contributed by atoms with van der Waals surface area (Å²) in [5, 5.41) is 0. The summed E-state index contributed by atoms with van der Waals surface area (Å²) in [5.74, 6) is 2.25. The van der Waals surface area contributed by atoms with Gasteiger partial charge in [0.2, 0.25) is 0 Å². The molecule has 0 unspecified atom stereocenters. The van der Waals surface area contributed by atoms with Gasteiger partial charge < -0.3 is 0 Å². The Hall–Kier alpha value is -1.74. The molecule has 0 aromatic rings. The molecule has 0 spiro atoms. The van der Waals surface area contributed by atoms with E-state index >= 15 is 0 Å². The predicted octanol–water partition coefficient (Wildman–Crippen LogP) is 10.4. The lowest BCUT2D eigenvalue weighted by Gasteiger charge is -2.16. The third-order valence-corrected chi connectivity index (χ3v) is 4.22. The minimum absolute atomic E-state index is 1.22. The highest BCUT2D eigenvalue weighted by Crippen LogP contribution is 2.27. The maximum absolute atomic E-state index is 4.60. The Bertz CT molecular complexity index is 489. The molecule has 0 saturated heterocycles. The first-order chi connectivity index (χ1) is 14.2. The SMILES string of the molecule is C#CC.C=CC1=C(/C=C\C)CCC1.C=CC1=C(CC)CCCC1.CC.CC.CC. The van der Waals surface area contributed by atoms with Gasteiger partial charge in [-0.05, 0) is 81.9 Å². The van der Waals surface area contributed by atoms with Gasteiger partial charge >= 0.3 is 0 Å². The van der Waals surface area contributed by atoms with E-state index in [1.165, 1.54) is 68.1 Å². The van der Waals surface area contributed by atoms with Crippen LogP contribution in [0.5, 0.6) is 0 Å². The number of terminal acetylenes is 1. The lowest BCUT2D eigenvalue weighted by atomic mass is 9.90. The van der Waals surface area contributed by atoms with Crippen LogP contribution >= 0.6 is 0 Å². The fraction of sp³-hybridized carbons (Fsp3) is 0.586. The van der Waals surface area contributed by atoms with E-state index in [0.717, 1.165) is 0 Å². The molecule has 0 aromatic carbocycles. The molecule has 0 aromatic heterocycles. The van der Waals surface area contributed by atoms with Crippen molar-refractivity contribution in [2.75, 3.05) is 0 Å². The summed E-state index contributed by atoms with van der Waals surface area (Å²) in [5.41, 5.74) is 6.09. The summed E-state index contributed by atoms with van der Waals surface area (Å²) in [4.78, 5) is 0. The molecule has 0 nitrogen and oxygen atoms in total. The van der Waals surface area contributed by atoms with E-state index in [1.807, 2.05) is 53.7 Å². The predicted molar refractivity (Wildman–Crippen MR) is 140 cm³/mol. The van der Waals surface area contributed by atoms with Crippen LogP contribution in [-0.2, 0) is 0 Å². The van der Waals surface area contributed by atoms with Crippen LogP contribution in [0.1, 0.15) is 114 Å². The van der Waals surface area contributed by atoms with Gasteiger partial charge in [0.15, 0.2) is 0 Å². The molecule has 0 fully saturated rings. The van der Waals surface area contributed by atoms with Crippen LogP contribution in [0.25, 0.3) is 0 Å². The summed E-state index contributed by atoms with van der Waals surface area (Å²) in [6, 6.07) is 0. The average molecular weight is 401 g/mol. The van der Waals surface area contributed by atoms with Crippen molar-refractivity contribution in [1.29, 1.82) is 0 Å². The first kappa shape index (κ1) is 34.7. The number of allylic oxidation sites excluding steroid dienone is 8. The van der Waals surface area contributed by atoms with Crippen molar-refractivity contribution >= 4 is 0 Å². The van der Waals surface area contributed by atoms with Crippen molar-refractivity contribution in [2.24, 2.45) is 0 Å². The van der Waals surface area contributed by atoms with Gasteiger partial charge in [0, 0.05) is 0 Å². The van der Waals surface area contributed by atoms with E-state index in [1.54, 1.807) is 12.5 Å². The molecule has 0 aliphatic heterocycles. The zero-order chi connectivity index (χ0) is 23.5. The number of rotatable bonds is 4. The molecule has 0 saturated carbocycles. The van der Waals surface area contributed by atoms with Crippen LogP contribution in [0, 0.1) is 12.3 Å². The molecule has 2 rings (SSSR count). The van der Waals surface area contributed by atoms with Gasteiger partial charge in [-0.15, -0.1) is 12.3 Å². The van der Waals surface area contributed by atoms with E-state index in [2.05, 4.69) is 51.5 Å². The van der Waals surface area contributed by atoms with Crippen molar-refractivity contribution < 1.29 is 0 Å². The third kappa shape index (κ3) is 19.4. The minimum atomic E-state index is 1.22. The summed E-state index contributed by atoms with van der Waals surface area (Å²) >= 11 is 0. The van der Waals surface area contributed by atoms with Crippen molar-refractivity contribution in [3.8, 4) is 12.3 Å². The molecular weight excluding hydrogens is 348 g/mol. The highest BCUT2D eigenvalue weighted by atomic mass is 14.1. The van der Waals surface area contributed by atoms with Gasteiger partial charge in [0.05, 0.1) is 0 Å². The quantitative estimate of drug-likeness (QED) is 0.411. The van der Waals surface area contributed by atoms with Crippen molar-refractivity contribution in [1.82, 2.24) is 0 Å². The molecule has 0 bridgehead atoms. The standard InChI is InChI=1S/C10H16.C10H14.C3H4.3C2H6/c1-3-9-7-5-6-8-10(9)4-2;1-3-6-10-8-5-7-9(10)4-2;1-3-2;3*1-2/h3H,1,4-8H2,2H3;3-4,6H,2,5,7-8H2,1H3;1H,2H3;3*1-2H3/b;6-3-;;;;. The van der Waals surface area contributed by atoms with Gasteiger partial charge in [-0.1, -0.05) is 91.5 Å². The monoisotopic (exact) mass is 400 g/mol. The van der Waals surface area contributed by atoms with Crippen LogP contribution in [-0.4, -0.2) is 0 Å². The van der Waals surface area contributed by atoms with Crippen LogP contribution < -0.4 is 0 Å². The van der Waals surface area contributed by atoms with E-state index in [0.29, 0.717) is 0 Å². The zero-order valence-electron chi connectivity index (χ0n) is 21.5. The topological polar surface area (TPSA) is 0 Å². The van der Waals surface area contributed by atoms with E-state index in [9.17, 15) is 0 Å². The highest BCUT2D eigenvalue weighted by molar-refractivity contribution is 5.35. The fourth-order valence-electron chi connectivity index (χ4n) is 3.06. The first-order valence-corrected chi connectivity index (χ1v) is 11.9. The molecule has 0 amide bonds. The molecule has 2 aliphatic rings. The molecule has 29 heavy (non-hydrogen) atoms. The highest BCUT2D eigenvalue weighted by Gasteiger charge is 2.08. The Morgan fingerprint density at radius 2 is 1.21 bits per heavy atom. The van der Waals surface area contributed by atoms with Crippen molar-refractivity contribution in [2.45, 2.75) is 114 Å². The Balaban J connectivity index is -0.000000155. The summed E-state index contributed by atoms with van der Waals surface area (Å²) in [7, 11) is 0. The molecule has 168 valence electrons. The Labute approximate surface area is 186 Å². The molecule has 0 radical (unpaired) electrons. The first-order valence-electron chi connectivity index (χ1n) is 11.9. The van der Waals surface area contributed by atoms with E-state index in [-0.39, 0.29) is 0 Å². The molecule has 0 atom stereocenters. The average Bonchev–Trinajstić information content (AvgIpc) is 3.26. The normalized spacial score (nSPS) is 14.1. The second kappa shape index (κ2) is 31.0. The van der Waals surface area contributed by atoms with Gasteiger partial charge in [-0.2, -0.15) is 0 Å². The second-order valence-electron chi connectivity index (χ2n) is 5.79. The zero-order valence-corrected chi connectivity index (χ0v) is 21.5. The maximum atomic E-state index is 4.60. The summed E-state index contributed by atoms with van der Waals surface area (Å²) < 4.78 is 0. The van der Waals surface area contributed by atoms with Gasteiger partial charge in [-0.25, -0.2) is 0 Å². The Kier molecular flexibility index (Phi) is 37.1. The minimum Gasteiger partial charge on any atom is -0.120 e. The Morgan fingerprint density at radius 1 is 0.793 bits per heavy atom. The summed E-state index contributed by atoms with van der Waals surface area (Å²) in [6.45, 7) is 25.6. The lowest BCUT2D eigenvalue weighted by Crippen LogP contribution is -1.96. The Morgan fingerprint density at radius 3 is 1.59 bits per heavy atom. The van der Waals surface area contributed by atoms with Crippen LogP contribution in [0.4, 0.5) is 0 Å². The smallest absolute Gasteiger partial charge is 0.00297 e. The largest absolute Gasteiger partial charge is 0.120 e. The van der Waals surface area contributed by atoms with E-state index in [4.69, 9.17) is 0 Å². The molecule has 0 heterocycles. The van der Waals surface area contributed by atoms with Gasteiger partial charge in [0.1, 0.15) is 0 Å². The van der Waals surface area contributed by atoms with Crippen molar-refractivity contribution in [3.05, 3.63) is 59.8 Å². The maximum Gasteiger partial charge on any atom is -0.00297 e. The van der Waals surface area contributed by atoms with Crippen molar-refractivity contribution in [3.63, 3.8) is 0 Å². The number of hydrogen-bond acceptors (Lipinski definition) is 0. The number of hydrogen-bond donors (Lipinski definition) is 0. The third-order valence-electron chi connectivity index (χ3n) is 4.22. The molecule has 0 N–H and O–H groups in total. The van der Waals surface area contributed by atoms with Gasteiger partial charge in [-0.3, -0.25) is 0 Å². The van der Waals surface area contributed by atoms with Crippen LogP contribution in [0.2, 0.25) is 0 Å². The molecule has 2 aliphatic carbocycles. The van der Waals surface area contributed by atoms with Crippen LogP contribution in [0.15, 0.2) is 59.8 Å². The van der Waals surface area contributed by atoms with E-state index < -0.39 is 0 Å². The lowest BCUT2D eigenvalue weighted by molar-refractivity contribution is 0.666. The second-order valence-corrected chi connectivity index (χ2v) is 5.79. The molecular formula is C29H52. The summed E-state index contributed by atoms with van der Waals surface area (Å²) in [6.07, 6.45) is 23.3.